The van der Waals surface area contributed by atoms with Crippen LogP contribution in [0.1, 0.15) is 46.6 Å². The first kappa shape index (κ1) is 21.6. The van der Waals surface area contributed by atoms with Crippen LogP contribution in [0.15, 0.2) is 97.1 Å². The highest BCUT2D eigenvalue weighted by molar-refractivity contribution is 5.45. The normalized spacial score (nSPS) is 12.8. The van der Waals surface area contributed by atoms with E-state index >= 15 is 0 Å². The smallest absolute Gasteiger partial charge is 0.123 e. The summed E-state index contributed by atoms with van der Waals surface area (Å²) in [6.07, 6.45) is 0. The number of aromatic hydroxyl groups is 1. The number of rotatable bonds is 7. The minimum absolute atomic E-state index is 0.0456. The predicted octanol–water partition coefficient (Wildman–Crippen LogP) is 7.35. The molecule has 162 valence electrons. The minimum atomic E-state index is -0.238. The molecule has 0 heterocycles. The fourth-order valence-electron chi connectivity index (χ4n) is 4.21. The fraction of sp³-hybridized carbons (Fsp3) is 0.172. The second-order valence-corrected chi connectivity index (χ2v) is 8.20. The van der Waals surface area contributed by atoms with Crippen LogP contribution in [0.4, 0.5) is 4.39 Å². The van der Waals surface area contributed by atoms with Gasteiger partial charge < -0.3 is 9.84 Å². The van der Waals surface area contributed by atoms with Crippen molar-refractivity contribution in [1.82, 2.24) is 0 Å². The van der Waals surface area contributed by atoms with Crippen LogP contribution in [0, 0.1) is 12.7 Å². The van der Waals surface area contributed by atoms with E-state index in [-0.39, 0.29) is 23.4 Å². The third-order valence-corrected chi connectivity index (χ3v) is 5.97. The van der Waals surface area contributed by atoms with Crippen molar-refractivity contribution in [3.05, 3.63) is 131 Å². The maximum Gasteiger partial charge on any atom is 0.123 e. The molecule has 0 bridgehead atoms. The molecule has 0 radical (unpaired) electrons. The Morgan fingerprint density at radius 1 is 0.812 bits per heavy atom. The van der Waals surface area contributed by atoms with Crippen molar-refractivity contribution in [3.8, 4) is 11.5 Å². The molecule has 3 heteroatoms. The van der Waals surface area contributed by atoms with Gasteiger partial charge >= 0.3 is 0 Å². The summed E-state index contributed by atoms with van der Waals surface area (Å²) in [5.74, 6) is 0.981. The molecule has 0 aliphatic rings. The Bertz CT molecular complexity index is 1150. The molecular formula is C29H27FO2. The van der Waals surface area contributed by atoms with Gasteiger partial charge in [-0.2, -0.15) is 0 Å². The molecule has 4 aromatic carbocycles. The minimum Gasteiger partial charge on any atom is -0.508 e. The van der Waals surface area contributed by atoms with E-state index in [1.165, 1.54) is 17.7 Å². The molecule has 0 saturated carbocycles. The molecule has 0 unspecified atom stereocenters. The second kappa shape index (κ2) is 9.69. The quantitative estimate of drug-likeness (QED) is 0.335. The molecule has 4 rings (SSSR count). The summed E-state index contributed by atoms with van der Waals surface area (Å²) in [6, 6.07) is 30.4. The van der Waals surface area contributed by atoms with Crippen LogP contribution < -0.4 is 4.74 Å². The molecule has 0 aliphatic heterocycles. The topological polar surface area (TPSA) is 29.5 Å². The second-order valence-electron chi connectivity index (χ2n) is 8.20. The maximum absolute atomic E-state index is 13.5. The Hall–Kier alpha value is -3.59. The lowest BCUT2D eigenvalue weighted by Crippen LogP contribution is -2.12. The maximum atomic E-state index is 13.5. The number of hydrogen-bond donors (Lipinski definition) is 1. The Morgan fingerprint density at radius 3 is 2.12 bits per heavy atom. The molecule has 0 aliphatic carbocycles. The van der Waals surface area contributed by atoms with Crippen LogP contribution in [0.25, 0.3) is 0 Å². The van der Waals surface area contributed by atoms with Crippen molar-refractivity contribution in [2.45, 2.75) is 32.3 Å². The highest BCUT2D eigenvalue weighted by atomic mass is 19.1. The molecule has 32 heavy (non-hydrogen) atoms. The van der Waals surface area contributed by atoms with Crippen molar-refractivity contribution in [1.29, 1.82) is 0 Å². The summed E-state index contributed by atoms with van der Waals surface area (Å²) in [5, 5.41) is 9.78. The first-order valence-electron chi connectivity index (χ1n) is 10.8. The first-order chi connectivity index (χ1) is 15.5. The summed E-state index contributed by atoms with van der Waals surface area (Å²) >= 11 is 0. The lowest BCUT2D eigenvalue weighted by atomic mass is 9.77. The molecule has 0 saturated heterocycles. The lowest BCUT2D eigenvalue weighted by molar-refractivity contribution is 0.306. The van der Waals surface area contributed by atoms with Crippen LogP contribution in [-0.4, -0.2) is 5.11 Å². The monoisotopic (exact) mass is 426 g/mol. The molecule has 0 aromatic heterocycles. The Kier molecular flexibility index (Phi) is 6.55. The van der Waals surface area contributed by atoms with Crippen molar-refractivity contribution < 1.29 is 14.2 Å². The molecule has 0 amide bonds. The Labute approximate surface area is 189 Å². The van der Waals surface area contributed by atoms with Crippen LogP contribution in [-0.2, 0) is 6.61 Å². The zero-order valence-corrected chi connectivity index (χ0v) is 18.3. The van der Waals surface area contributed by atoms with Gasteiger partial charge in [-0.05, 0) is 77.1 Å². The van der Waals surface area contributed by atoms with Crippen LogP contribution in [0.3, 0.4) is 0 Å². The molecule has 4 aromatic rings. The van der Waals surface area contributed by atoms with Gasteiger partial charge in [0.15, 0.2) is 0 Å². The Morgan fingerprint density at radius 2 is 1.47 bits per heavy atom. The molecule has 1 N–H and O–H groups in total. The van der Waals surface area contributed by atoms with Gasteiger partial charge in [0, 0.05) is 5.92 Å². The van der Waals surface area contributed by atoms with E-state index in [0.29, 0.717) is 6.61 Å². The summed E-state index contributed by atoms with van der Waals surface area (Å²) < 4.78 is 19.5. The molecular weight excluding hydrogens is 399 g/mol. The van der Waals surface area contributed by atoms with E-state index in [1.807, 2.05) is 60.7 Å². The third kappa shape index (κ3) is 5.00. The van der Waals surface area contributed by atoms with E-state index < -0.39 is 0 Å². The summed E-state index contributed by atoms with van der Waals surface area (Å²) in [7, 11) is 0. The number of aryl methyl sites for hydroxylation is 1. The Balaban J connectivity index is 1.65. The van der Waals surface area contributed by atoms with E-state index in [9.17, 15) is 9.50 Å². The highest BCUT2D eigenvalue weighted by Gasteiger charge is 2.25. The van der Waals surface area contributed by atoms with Crippen molar-refractivity contribution in [2.75, 3.05) is 0 Å². The van der Waals surface area contributed by atoms with Gasteiger partial charge in [0.1, 0.15) is 23.9 Å². The number of phenolic OH excluding ortho intramolecular Hbond substituents is 1. The van der Waals surface area contributed by atoms with E-state index in [1.54, 1.807) is 12.1 Å². The van der Waals surface area contributed by atoms with E-state index in [4.69, 9.17) is 4.74 Å². The highest BCUT2D eigenvalue weighted by Crippen LogP contribution is 2.40. The first-order valence-corrected chi connectivity index (χ1v) is 10.8. The summed E-state index contributed by atoms with van der Waals surface area (Å²) in [5.41, 5.74) is 5.59. The summed E-state index contributed by atoms with van der Waals surface area (Å²) in [6.45, 7) is 4.77. The fourth-order valence-corrected chi connectivity index (χ4v) is 4.21. The number of ether oxygens (including phenoxy) is 1. The van der Waals surface area contributed by atoms with Gasteiger partial charge in [-0.3, -0.25) is 0 Å². The number of halogens is 1. The van der Waals surface area contributed by atoms with Crippen LogP contribution >= 0.6 is 0 Å². The average molecular weight is 427 g/mol. The van der Waals surface area contributed by atoms with Gasteiger partial charge in [0.2, 0.25) is 0 Å². The SMILES string of the molecule is Cc1cc(OCc2ccccc2)ccc1[C@@H](c1ccc(O)cc1)[C@H](C)c1ccc(F)cc1. The molecule has 2 atom stereocenters. The van der Waals surface area contributed by atoms with Crippen molar-refractivity contribution in [3.63, 3.8) is 0 Å². The number of phenols is 1. The van der Waals surface area contributed by atoms with Crippen molar-refractivity contribution in [2.24, 2.45) is 0 Å². The summed E-state index contributed by atoms with van der Waals surface area (Å²) in [4.78, 5) is 0. The van der Waals surface area contributed by atoms with Gasteiger partial charge in [-0.15, -0.1) is 0 Å². The molecule has 0 fully saturated rings. The number of benzene rings is 4. The van der Waals surface area contributed by atoms with E-state index in [2.05, 4.69) is 26.0 Å². The zero-order chi connectivity index (χ0) is 22.5. The number of hydrogen-bond acceptors (Lipinski definition) is 2. The van der Waals surface area contributed by atoms with Gasteiger partial charge in [-0.25, -0.2) is 4.39 Å². The molecule has 2 nitrogen and oxygen atoms in total. The van der Waals surface area contributed by atoms with Gasteiger partial charge in [0.25, 0.3) is 0 Å². The largest absolute Gasteiger partial charge is 0.508 e. The third-order valence-electron chi connectivity index (χ3n) is 5.97. The lowest BCUT2D eigenvalue weighted by Gasteiger charge is -2.27. The van der Waals surface area contributed by atoms with Crippen LogP contribution in [0.5, 0.6) is 11.5 Å². The molecule has 0 spiro atoms. The standard InChI is InChI=1S/C29H27FO2/c1-20-18-27(32-19-22-6-4-3-5-7-22)16-17-28(20)29(24-10-14-26(31)15-11-24)21(2)23-8-12-25(30)13-9-23/h3-18,21,29,31H,19H2,1-2H3/t21-,29-/m1/s1. The van der Waals surface area contributed by atoms with Gasteiger partial charge in [0.05, 0.1) is 0 Å². The zero-order valence-electron chi connectivity index (χ0n) is 18.3. The van der Waals surface area contributed by atoms with Crippen LogP contribution in [0.2, 0.25) is 0 Å². The van der Waals surface area contributed by atoms with Crippen molar-refractivity contribution >= 4 is 0 Å². The average Bonchev–Trinajstić information content (AvgIpc) is 2.81. The van der Waals surface area contributed by atoms with Gasteiger partial charge in [-0.1, -0.05) is 67.6 Å². The predicted molar refractivity (Wildman–Crippen MR) is 127 cm³/mol. The van der Waals surface area contributed by atoms with E-state index in [0.717, 1.165) is 28.0 Å².